The van der Waals surface area contributed by atoms with Gasteiger partial charge in [0.05, 0.1) is 38.6 Å². The van der Waals surface area contributed by atoms with E-state index in [2.05, 4.69) is 88.4 Å². The third kappa shape index (κ3) is 5.59. The van der Waals surface area contributed by atoms with Crippen molar-refractivity contribution in [3.8, 4) is 22.3 Å². The van der Waals surface area contributed by atoms with Crippen LogP contribution in [0.1, 0.15) is 48.3 Å². The van der Waals surface area contributed by atoms with Crippen molar-refractivity contribution in [3.63, 3.8) is 0 Å². The summed E-state index contributed by atoms with van der Waals surface area (Å²) in [6, 6.07) is 22.0. The molecule has 0 aliphatic carbocycles. The van der Waals surface area contributed by atoms with Gasteiger partial charge in [0.1, 0.15) is 12.2 Å². The lowest BCUT2D eigenvalue weighted by Gasteiger charge is -2.19. The van der Waals surface area contributed by atoms with Gasteiger partial charge in [0.2, 0.25) is 0 Å². The molecule has 0 saturated carbocycles. The van der Waals surface area contributed by atoms with E-state index in [9.17, 15) is 0 Å². The molecule has 4 heteroatoms. The van der Waals surface area contributed by atoms with Gasteiger partial charge in [-0.3, -0.25) is 0 Å². The molecule has 0 radical (unpaired) electrons. The predicted octanol–water partition coefficient (Wildman–Crippen LogP) is 6.59. The highest BCUT2D eigenvalue weighted by Crippen LogP contribution is 2.32. The molecule has 0 N–H and O–H groups in total. The number of ether oxygens (including phenoxy) is 4. The van der Waals surface area contributed by atoms with Gasteiger partial charge >= 0.3 is 0 Å². The van der Waals surface area contributed by atoms with Crippen molar-refractivity contribution < 1.29 is 18.9 Å². The SMILES string of the molecule is Cc1cc(-c2ccc(-c3ccc(C(C)OCC4CO4)cc3)cc2)cc(C)c1C(C)OCC1CO1. The molecule has 2 aliphatic rings. The van der Waals surface area contributed by atoms with Gasteiger partial charge in [0.15, 0.2) is 0 Å². The van der Waals surface area contributed by atoms with E-state index in [0.29, 0.717) is 19.3 Å². The Bertz CT molecular complexity index is 1090. The van der Waals surface area contributed by atoms with Crippen LogP contribution in [0, 0.1) is 13.8 Å². The van der Waals surface area contributed by atoms with Gasteiger partial charge in [-0.1, -0.05) is 60.7 Å². The summed E-state index contributed by atoms with van der Waals surface area (Å²) in [4.78, 5) is 0. The first-order valence-electron chi connectivity index (χ1n) is 12.3. The van der Waals surface area contributed by atoms with Gasteiger partial charge in [-0.05, 0) is 72.2 Å². The third-order valence-corrected chi connectivity index (χ3v) is 6.80. The molecule has 34 heavy (non-hydrogen) atoms. The third-order valence-electron chi connectivity index (χ3n) is 6.80. The standard InChI is InChI=1S/C30H34O4/c1-19-13-27(14-20(2)30(19)22(4)32-16-29-18-34-29)26-11-9-25(10-12-26)24-7-5-23(6-8-24)21(3)31-15-28-17-33-28/h5-14,21-22,28-29H,15-18H2,1-4H3. The Balaban J connectivity index is 1.27. The largest absolute Gasteiger partial charge is 0.371 e. The van der Waals surface area contributed by atoms with Crippen LogP contribution >= 0.6 is 0 Å². The summed E-state index contributed by atoms with van der Waals surface area (Å²) in [7, 11) is 0. The first-order valence-corrected chi connectivity index (χ1v) is 12.3. The fourth-order valence-corrected chi connectivity index (χ4v) is 4.60. The number of rotatable bonds is 10. The fraction of sp³-hybridized carbons (Fsp3) is 0.400. The maximum Gasteiger partial charge on any atom is 0.104 e. The minimum atomic E-state index is 0.0683. The molecule has 3 aromatic rings. The van der Waals surface area contributed by atoms with E-state index in [1.165, 1.54) is 44.5 Å². The lowest BCUT2D eigenvalue weighted by molar-refractivity contribution is 0.0532. The predicted molar refractivity (Wildman–Crippen MR) is 135 cm³/mol. The molecular weight excluding hydrogens is 424 g/mol. The Morgan fingerprint density at radius 2 is 1.09 bits per heavy atom. The zero-order valence-electron chi connectivity index (χ0n) is 20.5. The Morgan fingerprint density at radius 1 is 0.676 bits per heavy atom. The van der Waals surface area contributed by atoms with E-state index in [0.717, 1.165) is 13.2 Å². The normalized spacial score (nSPS) is 20.7. The number of hydrogen-bond acceptors (Lipinski definition) is 4. The number of aryl methyl sites for hydroxylation is 2. The monoisotopic (exact) mass is 458 g/mol. The molecular formula is C30H34O4. The van der Waals surface area contributed by atoms with E-state index in [1.54, 1.807) is 0 Å². The zero-order chi connectivity index (χ0) is 23.7. The van der Waals surface area contributed by atoms with Crippen molar-refractivity contribution >= 4 is 0 Å². The average Bonchev–Trinajstić information content (AvgIpc) is 3.76. The Labute approximate surface area is 202 Å². The van der Waals surface area contributed by atoms with Crippen LogP contribution in [0.4, 0.5) is 0 Å². The van der Waals surface area contributed by atoms with Crippen molar-refractivity contribution in [2.75, 3.05) is 26.4 Å². The van der Waals surface area contributed by atoms with E-state index >= 15 is 0 Å². The van der Waals surface area contributed by atoms with Crippen LogP contribution in [0.5, 0.6) is 0 Å². The molecule has 3 aromatic carbocycles. The molecule has 4 nitrogen and oxygen atoms in total. The fourth-order valence-electron chi connectivity index (χ4n) is 4.60. The molecule has 4 unspecified atom stereocenters. The molecule has 0 amide bonds. The first kappa shape index (κ1) is 23.3. The van der Waals surface area contributed by atoms with Gasteiger partial charge < -0.3 is 18.9 Å². The van der Waals surface area contributed by atoms with Crippen molar-refractivity contribution in [1.29, 1.82) is 0 Å². The molecule has 178 valence electrons. The summed E-state index contributed by atoms with van der Waals surface area (Å²) >= 11 is 0. The summed E-state index contributed by atoms with van der Waals surface area (Å²) in [5, 5.41) is 0. The molecule has 0 aromatic heterocycles. The zero-order valence-corrected chi connectivity index (χ0v) is 20.5. The van der Waals surface area contributed by atoms with Crippen LogP contribution < -0.4 is 0 Å². The molecule has 0 bridgehead atoms. The summed E-state index contributed by atoms with van der Waals surface area (Å²) in [6.45, 7) is 11.6. The number of epoxide rings is 2. The summed E-state index contributed by atoms with van der Waals surface area (Å²) in [5.74, 6) is 0. The van der Waals surface area contributed by atoms with Crippen LogP contribution in [0.25, 0.3) is 22.3 Å². The summed E-state index contributed by atoms with van der Waals surface area (Å²) in [5.41, 5.74) is 9.89. The van der Waals surface area contributed by atoms with Gasteiger partial charge in [-0.2, -0.15) is 0 Å². The molecule has 2 fully saturated rings. The Morgan fingerprint density at radius 3 is 1.56 bits per heavy atom. The lowest BCUT2D eigenvalue weighted by Crippen LogP contribution is -2.09. The van der Waals surface area contributed by atoms with Crippen LogP contribution in [0.15, 0.2) is 60.7 Å². The van der Waals surface area contributed by atoms with Crippen molar-refractivity contribution in [3.05, 3.63) is 82.9 Å². The second-order valence-corrected chi connectivity index (χ2v) is 9.58. The quantitative estimate of drug-likeness (QED) is 0.322. The molecule has 0 spiro atoms. The van der Waals surface area contributed by atoms with Gasteiger partial charge in [-0.25, -0.2) is 0 Å². The minimum Gasteiger partial charge on any atom is -0.371 e. The van der Waals surface area contributed by atoms with E-state index < -0.39 is 0 Å². The second kappa shape index (κ2) is 10.0. The second-order valence-electron chi connectivity index (χ2n) is 9.58. The smallest absolute Gasteiger partial charge is 0.104 e. The summed E-state index contributed by atoms with van der Waals surface area (Å²) in [6.07, 6.45) is 0.725. The maximum atomic E-state index is 6.04. The van der Waals surface area contributed by atoms with Crippen LogP contribution in [0.3, 0.4) is 0 Å². The van der Waals surface area contributed by atoms with E-state index in [1.807, 2.05) is 0 Å². The molecule has 2 aliphatic heterocycles. The average molecular weight is 459 g/mol. The van der Waals surface area contributed by atoms with Crippen molar-refractivity contribution in [2.45, 2.75) is 52.1 Å². The molecule has 2 saturated heterocycles. The number of hydrogen-bond donors (Lipinski definition) is 0. The molecule has 4 atom stereocenters. The molecule has 2 heterocycles. The lowest BCUT2D eigenvalue weighted by atomic mass is 9.92. The van der Waals surface area contributed by atoms with Crippen LogP contribution in [0.2, 0.25) is 0 Å². The first-order chi connectivity index (χ1) is 16.5. The molecule has 5 rings (SSSR count). The Kier molecular flexibility index (Phi) is 6.84. The Hall–Kier alpha value is -2.50. The minimum absolute atomic E-state index is 0.0683. The topological polar surface area (TPSA) is 43.5 Å². The highest BCUT2D eigenvalue weighted by atomic mass is 16.6. The van der Waals surface area contributed by atoms with Gasteiger partial charge in [0, 0.05) is 0 Å². The van der Waals surface area contributed by atoms with Gasteiger partial charge in [0.25, 0.3) is 0 Å². The van der Waals surface area contributed by atoms with Crippen LogP contribution in [-0.4, -0.2) is 38.6 Å². The van der Waals surface area contributed by atoms with Gasteiger partial charge in [-0.15, -0.1) is 0 Å². The highest BCUT2D eigenvalue weighted by Gasteiger charge is 2.25. The van der Waals surface area contributed by atoms with E-state index in [-0.39, 0.29) is 18.3 Å². The van der Waals surface area contributed by atoms with E-state index in [4.69, 9.17) is 18.9 Å². The van der Waals surface area contributed by atoms with Crippen molar-refractivity contribution in [2.24, 2.45) is 0 Å². The maximum absolute atomic E-state index is 6.04. The summed E-state index contributed by atoms with van der Waals surface area (Å²) < 4.78 is 22.4. The number of benzene rings is 3. The van der Waals surface area contributed by atoms with Crippen LogP contribution in [-0.2, 0) is 18.9 Å². The van der Waals surface area contributed by atoms with Crippen molar-refractivity contribution in [1.82, 2.24) is 0 Å². The highest BCUT2D eigenvalue weighted by molar-refractivity contribution is 5.71.